The van der Waals surface area contributed by atoms with Gasteiger partial charge >= 0.3 is 0 Å². The minimum atomic E-state index is -0.467. The van der Waals surface area contributed by atoms with Crippen LogP contribution in [0.5, 0.6) is 0 Å². The molecule has 0 saturated carbocycles. The van der Waals surface area contributed by atoms with Crippen molar-refractivity contribution in [2.24, 2.45) is 0 Å². The number of aromatic nitrogens is 2. The summed E-state index contributed by atoms with van der Waals surface area (Å²) in [5, 5.41) is 0.713. The van der Waals surface area contributed by atoms with Gasteiger partial charge in [-0.3, -0.25) is 0 Å². The van der Waals surface area contributed by atoms with Gasteiger partial charge < -0.3 is 9.53 Å². The highest BCUT2D eigenvalue weighted by Crippen LogP contribution is 2.31. The Balaban J connectivity index is 2.34. The van der Waals surface area contributed by atoms with E-state index in [1.807, 2.05) is 12.3 Å². The molecule has 0 radical (unpaired) electrons. The fraction of sp³-hybridized carbons (Fsp3) is 0.545. The third-order valence-corrected chi connectivity index (χ3v) is 3.50. The third kappa shape index (κ3) is 2.10. The summed E-state index contributed by atoms with van der Waals surface area (Å²) in [6.45, 7) is 1.24. The van der Waals surface area contributed by atoms with Gasteiger partial charge in [0, 0.05) is 19.4 Å². The molecule has 0 spiro atoms. The van der Waals surface area contributed by atoms with E-state index in [-0.39, 0.29) is 0 Å². The molecule has 0 amide bonds. The number of rotatable bonds is 3. The predicted molar refractivity (Wildman–Crippen MR) is 61.6 cm³/mol. The lowest BCUT2D eigenvalue weighted by Gasteiger charge is -2.31. The maximum absolute atomic E-state index is 11.4. The molecule has 5 heteroatoms. The average Bonchev–Trinajstić information content (AvgIpc) is 2.39. The molecule has 2 heterocycles. The summed E-state index contributed by atoms with van der Waals surface area (Å²) in [6.07, 6.45) is 6.08. The number of hydrogen-bond donors (Lipinski definition) is 0. The van der Waals surface area contributed by atoms with Crippen LogP contribution in [0.1, 0.15) is 18.5 Å². The first-order valence-electron chi connectivity index (χ1n) is 5.22. The van der Waals surface area contributed by atoms with Gasteiger partial charge in [0.15, 0.2) is 5.16 Å². The molecule has 1 fully saturated rings. The maximum atomic E-state index is 11.4. The Morgan fingerprint density at radius 3 is 2.88 bits per heavy atom. The van der Waals surface area contributed by atoms with Gasteiger partial charge in [0.2, 0.25) is 0 Å². The summed E-state index contributed by atoms with van der Waals surface area (Å²) >= 11 is 1.49. The number of hydrogen-bond acceptors (Lipinski definition) is 5. The lowest BCUT2D eigenvalue weighted by atomic mass is 9.78. The van der Waals surface area contributed by atoms with Crippen molar-refractivity contribution < 1.29 is 9.53 Å². The van der Waals surface area contributed by atoms with Crippen LogP contribution in [-0.2, 0) is 14.9 Å². The number of carbonyl (C=O) groups excluding carboxylic acids is 1. The first-order valence-corrected chi connectivity index (χ1v) is 6.45. The molecule has 4 nitrogen and oxygen atoms in total. The zero-order valence-electron chi connectivity index (χ0n) is 9.18. The summed E-state index contributed by atoms with van der Waals surface area (Å²) in [6, 6.07) is 1.83. The van der Waals surface area contributed by atoms with Gasteiger partial charge in [-0.2, -0.15) is 0 Å². The van der Waals surface area contributed by atoms with Crippen molar-refractivity contribution >= 4 is 18.0 Å². The first kappa shape index (κ1) is 11.5. The van der Waals surface area contributed by atoms with Crippen LogP contribution >= 0.6 is 11.8 Å². The molecule has 0 atom stereocenters. The highest BCUT2D eigenvalue weighted by molar-refractivity contribution is 7.98. The van der Waals surface area contributed by atoms with Crippen molar-refractivity contribution in [3.8, 4) is 0 Å². The van der Waals surface area contributed by atoms with Gasteiger partial charge in [-0.05, 0) is 25.2 Å². The van der Waals surface area contributed by atoms with Gasteiger partial charge in [-0.1, -0.05) is 11.8 Å². The number of nitrogens with zero attached hydrogens (tertiary/aromatic N) is 2. The minimum Gasteiger partial charge on any atom is -0.381 e. The minimum absolute atomic E-state index is 0.467. The van der Waals surface area contributed by atoms with Crippen molar-refractivity contribution in [3.05, 3.63) is 18.0 Å². The molecule has 0 aromatic carbocycles. The van der Waals surface area contributed by atoms with E-state index >= 15 is 0 Å². The molecule has 1 aromatic rings. The Morgan fingerprint density at radius 2 is 2.25 bits per heavy atom. The lowest BCUT2D eigenvalue weighted by molar-refractivity contribution is -0.116. The number of aldehydes is 1. The molecular formula is C11H14N2O2S. The maximum Gasteiger partial charge on any atom is 0.187 e. The molecule has 0 N–H and O–H groups in total. The molecular weight excluding hydrogens is 224 g/mol. The van der Waals surface area contributed by atoms with Gasteiger partial charge in [0.1, 0.15) is 6.29 Å². The van der Waals surface area contributed by atoms with Crippen molar-refractivity contribution in [2.75, 3.05) is 19.5 Å². The van der Waals surface area contributed by atoms with Gasteiger partial charge in [-0.15, -0.1) is 0 Å². The van der Waals surface area contributed by atoms with Crippen molar-refractivity contribution in [2.45, 2.75) is 23.4 Å². The van der Waals surface area contributed by atoms with Crippen LogP contribution in [0, 0.1) is 0 Å². The highest BCUT2D eigenvalue weighted by atomic mass is 32.2. The summed E-state index contributed by atoms with van der Waals surface area (Å²) < 4.78 is 5.30. The Kier molecular flexibility index (Phi) is 3.56. The number of ether oxygens (including phenoxy) is 1. The van der Waals surface area contributed by atoms with E-state index in [9.17, 15) is 4.79 Å². The largest absolute Gasteiger partial charge is 0.381 e. The highest BCUT2D eigenvalue weighted by Gasteiger charge is 2.35. The van der Waals surface area contributed by atoms with Crippen LogP contribution in [0.15, 0.2) is 17.4 Å². The van der Waals surface area contributed by atoms with E-state index in [0.29, 0.717) is 31.2 Å². The fourth-order valence-electron chi connectivity index (χ4n) is 1.89. The van der Waals surface area contributed by atoms with E-state index < -0.39 is 5.41 Å². The molecule has 0 bridgehead atoms. The second-order valence-electron chi connectivity index (χ2n) is 3.81. The monoisotopic (exact) mass is 238 g/mol. The molecule has 0 aliphatic carbocycles. The van der Waals surface area contributed by atoms with E-state index in [0.717, 1.165) is 12.0 Å². The number of thioether (sulfide) groups is 1. The van der Waals surface area contributed by atoms with E-state index in [1.54, 1.807) is 6.20 Å². The van der Waals surface area contributed by atoms with Crippen molar-refractivity contribution in [3.63, 3.8) is 0 Å². The van der Waals surface area contributed by atoms with Crippen LogP contribution in [0.2, 0.25) is 0 Å². The zero-order valence-corrected chi connectivity index (χ0v) is 10.00. The SMILES string of the molecule is CSc1nccc(C2(C=O)CCOCC2)n1. The first-order chi connectivity index (χ1) is 7.80. The molecule has 1 saturated heterocycles. The molecule has 2 rings (SSSR count). The molecule has 86 valence electrons. The van der Waals surface area contributed by atoms with Crippen LogP contribution in [0.25, 0.3) is 0 Å². The Bertz CT molecular complexity index is 378. The van der Waals surface area contributed by atoms with Crippen LogP contribution < -0.4 is 0 Å². The molecule has 1 aromatic heterocycles. The Labute approximate surface area is 98.8 Å². The van der Waals surface area contributed by atoms with Crippen LogP contribution in [-0.4, -0.2) is 35.7 Å². The normalized spacial score (nSPS) is 19.3. The van der Waals surface area contributed by atoms with E-state index in [4.69, 9.17) is 4.74 Å². The second-order valence-corrected chi connectivity index (χ2v) is 4.59. The van der Waals surface area contributed by atoms with E-state index in [1.165, 1.54) is 11.8 Å². The Hall–Kier alpha value is -0.940. The topological polar surface area (TPSA) is 52.1 Å². The van der Waals surface area contributed by atoms with Gasteiger partial charge in [0.25, 0.3) is 0 Å². The molecule has 16 heavy (non-hydrogen) atoms. The van der Waals surface area contributed by atoms with Crippen LogP contribution in [0.4, 0.5) is 0 Å². The quantitative estimate of drug-likeness (QED) is 0.453. The molecule has 1 aliphatic heterocycles. The third-order valence-electron chi connectivity index (χ3n) is 2.94. The smallest absolute Gasteiger partial charge is 0.187 e. The van der Waals surface area contributed by atoms with Gasteiger partial charge in [-0.25, -0.2) is 9.97 Å². The van der Waals surface area contributed by atoms with Crippen molar-refractivity contribution in [1.29, 1.82) is 0 Å². The predicted octanol–water partition coefficient (Wildman–Crippen LogP) is 1.45. The molecule has 1 aliphatic rings. The summed E-state index contributed by atoms with van der Waals surface area (Å²) in [7, 11) is 0. The summed E-state index contributed by atoms with van der Waals surface area (Å²) in [4.78, 5) is 19.9. The lowest BCUT2D eigenvalue weighted by Crippen LogP contribution is -2.36. The van der Waals surface area contributed by atoms with E-state index in [2.05, 4.69) is 9.97 Å². The summed E-state index contributed by atoms with van der Waals surface area (Å²) in [5.41, 5.74) is 0.358. The summed E-state index contributed by atoms with van der Waals surface area (Å²) in [5.74, 6) is 0. The Morgan fingerprint density at radius 1 is 1.50 bits per heavy atom. The van der Waals surface area contributed by atoms with Crippen LogP contribution in [0.3, 0.4) is 0 Å². The second kappa shape index (κ2) is 4.93. The average molecular weight is 238 g/mol. The van der Waals surface area contributed by atoms with Crippen molar-refractivity contribution in [1.82, 2.24) is 9.97 Å². The zero-order chi connectivity index (χ0) is 11.4. The fourth-order valence-corrected chi connectivity index (χ4v) is 2.24. The standard InChI is InChI=1S/C11H14N2O2S/c1-16-10-12-5-2-9(13-10)11(8-14)3-6-15-7-4-11/h2,5,8H,3-4,6-7H2,1H3. The van der Waals surface area contributed by atoms with Gasteiger partial charge in [0.05, 0.1) is 11.1 Å². The molecule has 0 unspecified atom stereocenters. The number of carbonyl (C=O) groups is 1.